The van der Waals surface area contributed by atoms with Crippen LogP contribution in [0.5, 0.6) is 0 Å². The maximum atomic E-state index is 12.7. The Hall–Kier alpha value is -1.81. The van der Waals surface area contributed by atoms with Crippen LogP contribution in [0.3, 0.4) is 0 Å². The van der Waals surface area contributed by atoms with E-state index in [-0.39, 0.29) is 18.6 Å². The number of carbonyl (C=O) groups excluding carboxylic acids is 1. The number of rotatable bonds is 6. The zero-order valence-electron chi connectivity index (χ0n) is 13.8. The second-order valence-electron chi connectivity index (χ2n) is 5.85. The van der Waals surface area contributed by atoms with Crippen molar-refractivity contribution in [3.63, 3.8) is 0 Å². The number of hydrogen-bond donors (Lipinski definition) is 1. The van der Waals surface area contributed by atoms with Crippen molar-refractivity contribution in [3.05, 3.63) is 28.6 Å². The Balaban J connectivity index is 1.61. The van der Waals surface area contributed by atoms with Crippen molar-refractivity contribution in [2.24, 2.45) is 0 Å². The van der Waals surface area contributed by atoms with E-state index in [1.807, 2.05) is 17.5 Å². The molecular formula is C16H19N3O4S2. The lowest BCUT2D eigenvalue weighted by atomic mass is 10.2. The van der Waals surface area contributed by atoms with Crippen LogP contribution in [-0.4, -0.2) is 77.7 Å². The highest BCUT2D eigenvalue weighted by atomic mass is 32.1. The minimum atomic E-state index is -0.880. The zero-order chi connectivity index (χ0) is 17.8. The maximum Gasteiger partial charge on any atom is 0.317 e. The number of aliphatic carboxylic acids is 1. The first-order chi connectivity index (χ1) is 12.0. The van der Waals surface area contributed by atoms with Crippen molar-refractivity contribution in [3.8, 4) is 9.88 Å². The van der Waals surface area contributed by atoms with Gasteiger partial charge in [0, 0.05) is 25.0 Å². The van der Waals surface area contributed by atoms with Gasteiger partial charge in [0.05, 0.1) is 24.1 Å². The van der Waals surface area contributed by atoms with Gasteiger partial charge in [0.25, 0.3) is 5.91 Å². The fraction of sp³-hybridized carbons (Fsp3) is 0.438. The first kappa shape index (κ1) is 18.0. The smallest absolute Gasteiger partial charge is 0.317 e. The normalized spacial score (nSPS) is 17.8. The number of amides is 1. The molecule has 1 saturated heterocycles. The molecule has 0 spiro atoms. The molecule has 9 heteroatoms. The molecule has 1 fully saturated rings. The number of hydrogen-bond acceptors (Lipinski definition) is 7. The number of likely N-dealkylation sites (N-methyl/N-ethyl adjacent to an activating group) is 1. The third-order valence-corrected chi connectivity index (χ3v) is 5.68. The van der Waals surface area contributed by atoms with E-state index in [2.05, 4.69) is 4.98 Å². The molecule has 25 heavy (non-hydrogen) atoms. The van der Waals surface area contributed by atoms with E-state index < -0.39 is 5.97 Å². The minimum absolute atomic E-state index is 0.0515. The summed E-state index contributed by atoms with van der Waals surface area (Å²) in [6.07, 6.45) is -0.197. The Morgan fingerprint density at radius 2 is 2.32 bits per heavy atom. The molecule has 1 N–H and O–H groups in total. The van der Waals surface area contributed by atoms with E-state index in [4.69, 9.17) is 9.84 Å². The molecule has 3 rings (SSSR count). The highest BCUT2D eigenvalue weighted by molar-refractivity contribution is 7.20. The van der Waals surface area contributed by atoms with Gasteiger partial charge in [-0.3, -0.25) is 14.5 Å². The monoisotopic (exact) mass is 381 g/mol. The van der Waals surface area contributed by atoms with Crippen LogP contribution in [0, 0.1) is 0 Å². The highest BCUT2D eigenvalue weighted by Crippen LogP contribution is 2.28. The van der Waals surface area contributed by atoms with Gasteiger partial charge in [-0.15, -0.1) is 22.7 Å². The van der Waals surface area contributed by atoms with Crippen molar-refractivity contribution in [1.29, 1.82) is 0 Å². The van der Waals surface area contributed by atoms with Crippen LogP contribution < -0.4 is 0 Å². The van der Waals surface area contributed by atoms with Gasteiger partial charge in [-0.25, -0.2) is 4.98 Å². The number of carbonyl (C=O) groups is 2. The number of thiophene rings is 1. The number of nitrogens with zero attached hydrogens (tertiary/aromatic N) is 3. The number of aromatic nitrogens is 1. The van der Waals surface area contributed by atoms with Gasteiger partial charge in [-0.2, -0.15) is 0 Å². The molecule has 7 nitrogen and oxygen atoms in total. The van der Waals surface area contributed by atoms with Crippen LogP contribution in [-0.2, 0) is 9.53 Å². The Kier molecular flexibility index (Phi) is 5.79. The van der Waals surface area contributed by atoms with Crippen molar-refractivity contribution in [2.75, 3.05) is 39.8 Å². The Morgan fingerprint density at radius 1 is 1.48 bits per heavy atom. The van der Waals surface area contributed by atoms with Crippen molar-refractivity contribution in [2.45, 2.75) is 6.10 Å². The summed E-state index contributed by atoms with van der Waals surface area (Å²) in [5.74, 6) is -0.983. The van der Waals surface area contributed by atoms with Crippen molar-refractivity contribution in [1.82, 2.24) is 14.8 Å². The molecule has 1 aliphatic rings. The predicted molar refractivity (Wildman–Crippen MR) is 96.2 cm³/mol. The molecule has 0 aromatic carbocycles. The lowest BCUT2D eigenvalue weighted by Gasteiger charge is -2.34. The van der Waals surface area contributed by atoms with Crippen molar-refractivity contribution >= 4 is 34.6 Å². The van der Waals surface area contributed by atoms with E-state index in [1.54, 1.807) is 33.6 Å². The third-order valence-electron chi connectivity index (χ3n) is 3.80. The topological polar surface area (TPSA) is 83.0 Å². The van der Waals surface area contributed by atoms with Crippen LogP contribution >= 0.6 is 22.7 Å². The summed E-state index contributed by atoms with van der Waals surface area (Å²) in [5.41, 5.74) is 0.452. The van der Waals surface area contributed by atoms with Crippen LogP contribution in [0.4, 0.5) is 0 Å². The molecule has 2 aromatic rings. The molecule has 0 aliphatic carbocycles. The highest BCUT2D eigenvalue weighted by Gasteiger charge is 2.27. The number of morpholine rings is 1. The number of carboxylic acid groups (broad SMARTS) is 1. The van der Waals surface area contributed by atoms with Crippen LogP contribution in [0.25, 0.3) is 9.88 Å². The average molecular weight is 381 g/mol. The van der Waals surface area contributed by atoms with E-state index in [0.29, 0.717) is 31.9 Å². The van der Waals surface area contributed by atoms with Crippen LogP contribution in [0.2, 0.25) is 0 Å². The predicted octanol–water partition coefficient (Wildman–Crippen LogP) is 1.73. The second kappa shape index (κ2) is 8.05. The van der Waals surface area contributed by atoms with Crippen LogP contribution in [0.15, 0.2) is 22.9 Å². The first-order valence-electron chi connectivity index (χ1n) is 7.83. The van der Waals surface area contributed by atoms with Crippen molar-refractivity contribution < 1.29 is 19.4 Å². The second-order valence-corrected chi connectivity index (χ2v) is 7.66. The summed E-state index contributed by atoms with van der Waals surface area (Å²) in [4.78, 5) is 32.4. The summed E-state index contributed by atoms with van der Waals surface area (Å²) >= 11 is 3.06. The van der Waals surface area contributed by atoms with Gasteiger partial charge in [0.1, 0.15) is 10.7 Å². The Morgan fingerprint density at radius 3 is 3.04 bits per heavy atom. The maximum absolute atomic E-state index is 12.7. The Labute approximate surface area is 153 Å². The Bertz CT molecular complexity index is 732. The fourth-order valence-electron chi connectivity index (χ4n) is 2.70. The summed E-state index contributed by atoms with van der Waals surface area (Å²) in [6, 6.07) is 3.95. The quantitative estimate of drug-likeness (QED) is 0.821. The van der Waals surface area contributed by atoms with E-state index >= 15 is 0 Å². The summed E-state index contributed by atoms with van der Waals surface area (Å²) in [6.45, 7) is 1.81. The van der Waals surface area contributed by atoms with E-state index in [0.717, 1.165) is 9.88 Å². The largest absolute Gasteiger partial charge is 0.480 e. The van der Waals surface area contributed by atoms with E-state index in [1.165, 1.54) is 11.3 Å². The molecule has 0 bridgehead atoms. The molecule has 0 saturated carbocycles. The molecule has 134 valence electrons. The number of ether oxygens (including phenoxy) is 1. The molecule has 2 aromatic heterocycles. The summed E-state index contributed by atoms with van der Waals surface area (Å²) < 4.78 is 5.67. The SMILES string of the molecule is CN(CC(=O)O)CC1CN(C(=O)c2csc(-c3cccs3)n2)CCO1. The van der Waals surface area contributed by atoms with Gasteiger partial charge in [0.15, 0.2) is 0 Å². The van der Waals surface area contributed by atoms with Gasteiger partial charge >= 0.3 is 5.97 Å². The third kappa shape index (κ3) is 4.63. The van der Waals surface area contributed by atoms with Gasteiger partial charge in [-0.05, 0) is 18.5 Å². The zero-order valence-corrected chi connectivity index (χ0v) is 15.4. The van der Waals surface area contributed by atoms with Gasteiger partial charge in [0.2, 0.25) is 0 Å². The van der Waals surface area contributed by atoms with E-state index in [9.17, 15) is 9.59 Å². The molecule has 3 heterocycles. The van der Waals surface area contributed by atoms with Crippen LogP contribution in [0.1, 0.15) is 10.5 Å². The number of thiazole rings is 1. The molecule has 1 amide bonds. The molecule has 1 aliphatic heterocycles. The van der Waals surface area contributed by atoms with Gasteiger partial charge in [-0.1, -0.05) is 6.07 Å². The van der Waals surface area contributed by atoms with Gasteiger partial charge < -0.3 is 14.7 Å². The standard InChI is InChI=1S/C16H19N3O4S2/c1-18(9-14(20)21)7-11-8-19(4-5-23-11)16(22)12-10-25-15(17-12)13-3-2-6-24-13/h2-3,6,10-11H,4-5,7-9H2,1H3,(H,20,21). The average Bonchev–Trinajstić information content (AvgIpc) is 3.24. The summed E-state index contributed by atoms with van der Waals surface area (Å²) in [7, 11) is 1.73. The lowest BCUT2D eigenvalue weighted by Crippen LogP contribution is -2.49. The number of carboxylic acids is 1. The molecule has 0 radical (unpaired) electrons. The fourth-order valence-corrected chi connectivity index (χ4v) is 4.31. The summed E-state index contributed by atoms with van der Waals surface area (Å²) in [5, 5.41) is 13.5. The lowest BCUT2D eigenvalue weighted by molar-refractivity contribution is -0.138. The first-order valence-corrected chi connectivity index (χ1v) is 9.59. The molecule has 1 atom stereocenters. The minimum Gasteiger partial charge on any atom is -0.480 e. The molecular weight excluding hydrogens is 362 g/mol. The molecule has 1 unspecified atom stereocenters.